The summed E-state index contributed by atoms with van der Waals surface area (Å²) in [6.45, 7) is 7.78. The highest BCUT2D eigenvalue weighted by Crippen LogP contribution is 2.29. The molecule has 204 valence electrons. The SMILES string of the molecule is CCOc1cc(/C=N\NC(=O)C(=O)Nc2ccccc2CC)ccc1OCC(=O)Nc1c(C)cc(Br)cc1C. The van der Waals surface area contributed by atoms with Crippen LogP contribution in [0.2, 0.25) is 0 Å². The first-order valence-electron chi connectivity index (χ1n) is 12.4. The van der Waals surface area contributed by atoms with E-state index in [0.29, 0.717) is 35.8 Å². The van der Waals surface area contributed by atoms with Crippen LogP contribution in [0.5, 0.6) is 11.5 Å². The third-order valence-corrected chi connectivity index (χ3v) is 6.08. The van der Waals surface area contributed by atoms with Crippen molar-refractivity contribution in [3.05, 3.63) is 81.3 Å². The molecule has 0 spiro atoms. The molecule has 0 heterocycles. The van der Waals surface area contributed by atoms with Gasteiger partial charge in [0.25, 0.3) is 5.91 Å². The second-order valence-electron chi connectivity index (χ2n) is 8.55. The summed E-state index contributed by atoms with van der Waals surface area (Å²) in [5.74, 6) is -1.24. The number of nitrogens with one attached hydrogen (secondary N) is 3. The van der Waals surface area contributed by atoms with Gasteiger partial charge in [0.2, 0.25) is 0 Å². The number of para-hydroxylation sites is 1. The first-order valence-corrected chi connectivity index (χ1v) is 13.2. The minimum atomic E-state index is -0.899. The van der Waals surface area contributed by atoms with E-state index in [2.05, 4.69) is 37.1 Å². The van der Waals surface area contributed by atoms with E-state index in [1.807, 2.05) is 52.0 Å². The number of ether oxygens (including phenoxy) is 2. The van der Waals surface area contributed by atoms with E-state index in [9.17, 15) is 14.4 Å². The van der Waals surface area contributed by atoms with E-state index in [1.165, 1.54) is 6.21 Å². The highest BCUT2D eigenvalue weighted by atomic mass is 79.9. The quantitative estimate of drug-likeness (QED) is 0.171. The lowest BCUT2D eigenvalue weighted by Crippen LogP contribution is -2.32. The number of hydrogen-bond donors (Lipinski definition) is 3. The number of hydrazone groups is 1. The van der Waals surface area contributed by atoms with Crippen molar-refractivity contribution in [3.8, 4) is 11.5 Å². The second kappa shape index (κ2) is 14.1. The lowest BCUT2D eigenvalue weighted by Gasteiger charge is -2.14. The van der Waals surface area contributed by atoms with Crippen molar-refractivity contribution in [3.63, 3.8) is 0 Å². The molecule has 3 aromatic carbocycles. The van der Waals surface area contributed by atoms with Gasteiger partial charge in [0.1, 0.15) is 0 Å². The summed E-state index contributed by atoms with van der Waals surface area (Å²) in [6, 6.07) is 16.1. The van der Waals surface area contributed by atoms with Crippen LogP contribution in [0.25, 0.3) is 0 Å². The molecular formula is C29H31BrN4O5. The molecule has 0 aliphatic carbocycles. The van der Waals surface area contributed by atoms with Crippen LogP contribution in [0.15, 0.2) is 64.2 Å². The molecule has 0 bridgehead atoms. The average molecular weight is 595 g/mol. The number of anilines is 2. The van der Waals surface area contributed by atoms with Crippen LogP contribution >= 0.6 is 15.9 Å². The minimum absolute atomic E-state index is 0.214. The van der Waals surface area contributed by atoms with E-state index in [-0.39, 0.29) is 12.5 Å². The standard InChI is InChI=1S/C29H31BrN4O5/c1-5-21-9-7-8-10-23(21)32-28(36)29(37)34-31-16-20-11-12-24(25(15-20)38-6-2)39-17-26(35)33-27-18(3)13-22(30)14-19(27)4/h7-16H,5-6,17H2,1-4H3,(H,32,36)(H,33,35)(H,34,37)/b31-16-. The fourth-order valence-corrected chi connectivity index (χ4v) is 4.45. The largest absolute Gasteiger partial charge is 0.490 e. The predicted octanol–water partition coefficient (Wildman–Crippen LogP) is 5.13. The Bertz CT molecular complexity index is 1370. The van der Waals surface area contributed by atoms with E-state index in [1.54, 1.807) is 30.3 Å². The number of carbonyl (C=O) groups is 3. The molecule has 0 saturated heterocycles. The van der Waals surface area contributed by atoms with Gasteiger partial charge in [0, 0.05) is 15.8 Å². The molecule has 0 fully saturated rings. The van der Waals surface area contributed by atoms with Crippen molar-refractivity contribution < 1.29 is 23.9 Å². The van der Waals surface area contributed by atoms with E-state index >= 15 is 0 Å². The number of rotatable bonds is 10. The summed E-state index contributed by atoms with van der Waals surface area (Å²) in [4.78, 5) is 37.0. The van der Waals surface area contributed by atoms with Crippen molar-refractivity contribution in [1.82, 2.24) is 5.43 Å². The van der Waals surface area contributed by atoms with Gasteiger partial charge < -0.3 is 20.1 Å². The molecule has 0 atom stereocenters. The molecule has 39 heavy (non-hydrogen) atoms. The Hall–Kier alpha value is -4.18. The van der Waals surface area contributed by atoms with E-state index < -0.39 is 11.8 Å². The van der Waals surface area contributed by atoms with Crippen molar-refractivity contribution in [2.45, 2.75) is 34.1 Å². The van der Waals surface area contributed by atoms with Gasteiger partial charge in [0.05, 0.1) is 12.8 Å². The molecule has 3 N–H and O–H groups in total. The second-order valence-corrected chi connectivity index (χ2v) is 9.47. The van der Waals surface area contributed by atoms with Crippen LogP contribution in [0, 0.1) is 13.8 Å². The molecule has 0 aliphatic rings. The van der Waals surface area contributed by atoms with Gasteiger partial charge in [0.15, 0.2) is 18.1 Å². The maximum atomic E-state index is 12.5. The summed E-state index contributed by atoms with van der Waals surface area (Å²) < 4.78 is 12.3. The molecule has 0 radical (unpaired) electrons. The van der Waals surface area contributed by atoms with E-state index in [0.717, 1.165) is 26.9 Å². The van der Waals surface area contributed by atoms with Crippen LogP contribution in [0.4, 0.5) is 11.4 Å². The number of aryl methyl sites for hydroxylation is 3. The molecule has 9 nitrogen and oxygen atoms in total. The molecule has 3 amide bonds. The normalized spacial score (nSPS) is 10.7. The Balaban J connectivity index is 1.59. The fourth-order valence-electron chi connectivity index (χ4n) is 3.76. The number of benzene rings is 3. The Labute approximate surface area is 236 Å². The van der Waals surface area contributed by atoms with Crippen LogP contribution in [-0.2, 0) is 20.8 Å². The Kier molecular flexibility index (Phi) is 10.6. The first-order chi connectivity index (χ1) is 18.7. The number of amides is 3. The Morgan fingerprint density at radius 3 is 2.31 bits per heavy atom. The van der Waals surface area contributed by atoms with Gasteiger partial charge in [-0.1, -0.05) is 41.1 Å². The van der Waals surface area contributed by atoms with Gasteiger partial charge in [-0.2, -0.15) is 5.10 Å². The maximum Gasteiger partial charge on any atom is 0.329 e. The molecule has 10 heteroatoms. The third kappa shape index (κ3) is 8.41. The third-order valence-electron chi connectivity index (χ3n) is 5.62. The summed E-state index contributed by atoms with van der Waals surface area (Å²) in [5.41, 5.74) is 6.93. The highest BCUT2D eigenvalue weighted by Gasteiger charge is 2.15. The molecule has 0 unspecified atom stereocenters. The first kappa shape index (κ1) is 29.4. The molecule has 3 aromatic rings. The lowest BCUT2D eigenvalue weighted by atomic mass is 10.1. The number of hydrogen-bond acceptors (Lipinski definition) is 6. The summed E-state index contributed by atoms with van der Waals surface area (Å²) in [6.07, 6.45) is 2.09. The Morgan fingerprint density at radius 1 is 0.897 bits per heavy atom. The molecule has 0 aromatic heterocycles. The van der Waals surface area contributed by atoms with Crippen molar-refractivity contribution in [2.24, 2.45) is 5.10 Å². The average Bonchev–Trinajstić information content (AvgIpc) is 2.90. The minimum Gasteiger partial charge on any atom is -0.490 e. The van der Waals surface area contributed by atoms with E-state index in [4.69, 9.17) is 9.47 Å². The van der Waals surface area contributed by atoms with Crippen LogP contribution < -0.4 is 25.5 Å². The fraction of sp³-hybridized carbons (Fsp3) is 0.241. The van der Waals surface area contributed by atoms with Crippen molar-refractivity contribution in [2.75, 3.05) is 23.8 Å². The van der Waals surface area contributed by atoms with Crippen LogP contribution in [0.3, 0.4) is 0 Å². The topological polar surface area (TPSA) is 118 Å². The lowest BCUT2D eigenvalue weighted by molar-refractivity contribution is -0.136. The van der Waals surface area contributed by atoms with Crippen molar-refractivity contribution in [1.29, 1.82) is 0 Å². The molecule has 0 saturated carbocycles. The molecule has 3 rings (SSSR count). The maximum absolute atomic E-state index is 12.5. The van der Waals surface area contributed by atoms with Gasteiger partial charge in [-0.3, -0.25) is 14.4 Å². The summed E-state index contributed by atoms with van der Waals surface area (Å²) >= 11 is 3.45. The smallest absolute Gasteiger partial charge is 0.329 e. The summed E-state index contributed by atoms with van der Waals surface area (Å²) in [5, 5.41) is 9.35. The van der Waals surface area contributed by atoms with Crippen LogP contribution in [-0.4, -0.2) is 37.1 Å². The number of halogens is 1. The van der Waals surface area contributed by atoms with Crippen molar-refractivity contribution >= 4 is 51.2 Å². The molecular weight excluding hydrogens is 564 g/mol. The summed E-state index contributed by atoms with van der Waals surface area (Å²) in [7, 11) is 0. The Morgan fingerprint density at radius 2 is 1.62 bits per heavy atom. The molecule has 0 aliphatic heterocycles. The number of carbonyl (C=O) groups excluding carboxylic acids is 3. The van der Waals surface area contributed by atoms with Gasteiger partial charge in [-0.15, -0.1) is 0 Å². The number of nitrogens with zero attached hydrogens (tertiary/aromatic N) is 1. The van der Waals surface area contributed by atoms with Gasteiger partial charge in [-0.25, -0.2) is 5.43 Å². The zero-order valence-corrected chi connectivity index (χ0v) is 23.8. The highest BCUT2D eigenvalue weighted by molar-refractivity contribution is 9.10. The predicted molar refractivity (Wildman–Crippen MR) is 156 cm³/mol. The zero-order valence-electron chi connectivity index (χ0n) is 22.3. The van der Waals surface area contributed by atoms with Crippen LogP contribution in [0.1, 0.15) is 36.1 Å². The monoisotopic (exact) mass is 594 g/mol. The zero-order chi connectivity index (χ0) is 28.4. The van der Waals surface area contributed by atoms with Gasteiger partial charge >= 0.3 is 11.8 Å². The van der Waals surface area contributed by atoms with Gasteiger partial charge in [-0.05, 0) is 85.8 Å².